The first-order valence-electron chi connectivity index (χ1n) is 14.8. The summed E-state index contributed by atoms with van der Waals surface area (Å²) in [6, 6.07) is -1.23. The first kappa shape index (κ1) is 31.3. The lowest BCUT2D eigenvalue weighted by atomic mass is 10.2. The molecule has 9 amide bonds. The Bertz CT molecular complexity index is 800. The second-order valence-corrected chi connectivity index (χ2v) is 10.6. The molecule has 0 aromatic carbocycles. The number of urea groups is 3. The van der Waals surface area contributed by atoms with Crippen molar-refractivity contribution in [2.45, 2.75) is 77.0 Å². The third-order valence-electron chi connectivity index (χ3n) is 7.57. The molecule has 0 aromatic rings. The quantitative estimate of drug-likeness (QED) is 0.386. The minimum atomic E-state index is -0.409. The van der Waals surface area contributed by atoms with Crippen molar-refractivity contribution in [1.82, 2.24) is 35.6 Å². The first-order chi connectivity index (χ1) is 19.4. The summed E-state index contributed by atoms with van der Waals surface area (Å²) in [6.07, 6.45) is 8.65. The lowest BCUT2D eigenvalue weighted by Gasteiger charge is -2.26. The fourth-order valence-corrected chi connectivity index (χ4v) is 5.18. The molecule has 0 aliphatic carbocycles. The molecule has 13 nitrogen and oxygen atoms in total. The van der Waals surface area contributed by atoms with Crippen molar-refractivity contribution in [3.63, 3.8) is 0 Å². The van der Waals surface area contributed by atoms with Crippen molar-refractivity contribution in [3.05, 3.63) is 0 Å². The Balaban J connectivity index is 1.49. The maximum atomic E-state index is 12.6. The number of carbonyl (C=O) groups excluding carboxylic acids is 6. The minimum absolute atomic E-state index is 0.164. The van der Waals surface area contributed by atoms with Crippen LogP contribution >= 0.6 is 0 Å². The van der Waals surface area contributed by atoms with Gasteiger partial charge in [-0.1, -0.05) is 19.3 Å². The van der Waals surface area contributed by atoms with Crippen molar-refractivity contribution in [2.75, 3.05) is 58.9 Å². The second-order valence-electron chi connectivity index (χ2n) is 10.6. The summed E-state index contributed by atoms with van der Waals surface area (Å²) in [4.78, 5) is 80.3. The van der Waals surface area contributed by atoms with Gasteiger partial charge >= 0.3 is 18.1 Å². The lowest BCUT2D eigenvalue weighted by molar-refractivity contribution is -0.128. The standard InChI is InChI=1S/C27H45N7O6/c35-22-10-4-1-7-16-32(22)25(38)28-13-19-31(20-14-29-26(39)33-17-8-2-5-11-23(33)36)21-15-30-27(40)34-18-9-3-6-12-24(34)37/h1-21H2,(H,28,38)(H,29,39)(H,30,40). The van der Waals surface area contributed by atoms with Gasteiger partial charge in [-0.2, -0.15) is 0 Å². The Kier molecular flexibility index (Phi) is 13.1. The van der Waals surface area contributed by atoms with E-state index in [1.807, 2.05) is 4.90 Å². The van der Waals surface area contributed by atoms with Gasteiger partial charge in [0.1, 0.15) is 0 Å². The molecule has 3 heterocycles. The van der Waals surface area contributed by atoms with Crippen LogP contribution in [0.1, 0.15) is 77.0 Å². The molecule has 3 aliphatic heterocycles. The van der Waals surface area contributed by atoms with Gasteiger partial charge in [0, 0.05) is 78.2 Å². The topological polar surface area (TPSA) is 151 Å². The summed E-state index contributed by atoms with van der Waals surface area (Å²) in [5, 5.41) is 8.44. The number of nitrogens with zero attached hydrogens (tertiary/aromatic N) is 4. The molecular formula is C27H45N7O6. The van der Waals surface area contributed by atoms with E-state index in [-0.39, 0.29) is 37.4 Å². The van der Waals surface area contributed by atoms with E-state index in [2.05, 4.69) is 16.0 Å². The molecule has 0 radical (unpaired) electrons. The molecule has 13 heteroatoms. The number of amides is 9. The van der Waals surface area contributed by atoms with Crippen molar-refractivity contribution in [2.24, 2.45) is 0 Å². The first-order valence-corrected chi connectivity index (χ1v) is 14.8. The Hall–Kier alpha value is -3.22. The van der Waals surface area contributed by atoms with E-state index in [4.69, 9.17) is 0 Å². The molecule has 3 rings (SSSR count). The van der Waals surface area contributed by atoms with E-state index in [0.29, 0.717) is 58.5 Å². The Labute approximate surface area is 236 Å². The van der Waals surface area contributed by atoms with Crippen LogP contribution in [0.15, 0.2) is 0 Å². The summed E-state index contributed by atoms with van der Waals surface area (Å²) >= 11 is 0. The van der Waals surface area contributed by atoms with Crippen LogP contribution in [0, 0.1) is 0 Å². The van der Waals surface area contributed by atoms with Crippen LogP contribution in [-0.4, -0.2) is 114 Å². The maximum absolute atomic E-state index is 12.6. The third kappa shape index (κ3) is 10.1. The van der Waals surface area contributed by atoms with Crippen molar-refractivity contribution in [3.8, 4) is 0 Å². The summed E-state index contributed by atoms with van der Waals surface area (Å²) in [7, 11) is 0. The zero-order chi connectivity index (χ0) is 28.7. The van der Waals surface area contributed by atoms with Crippen LogP contribution in [0.5, 0.6) is 0 Å². The molecule has 3 N–H and O–H groups in total. The fourth-order valence-electron chi connectivity index (χ4n) is 5.18. The average molecular weight is 564 g/mol. The summed E-state index contributed by atoms with van der Waals surface area (Å²) < 4.78 is 0. The van der Waals surface area contributed by atoms with Crippen LogP contribution in [0.3, 0.4) is 0 Å². The van der Waals surface area contributed by atoms with E-state index >= 15 is 0 Å². The van der Waals surface area contributed by atoms with Gasteiger partial charge in [0.15, 0.2) is 0 Å². The zero-order valence-corrected chi connectivity index (χ0v) is 23.6. The highest BCUT2D eigenvalue weighted by Crippen LogP contribution is 2.13. The van der Waals surface area contributed by atoms with Crippen LogP contribution in [0.4, 0.5) is 14.4 Å². The normalized spacial score (nSPS) is 19.1. The summed E-state index contributed by atoms with van der Waals surface area (Å²) in [6.45, 7) is 3.34. The van der Waals surface area contributed by atoms with Gasteiger partial charge in [-0.3, -0.25) is 34.0 Å². The Morgan fingerprint density at radius 2 is 0.800 bits per heavy atom. The molecule has 224 valence electrons. The van der Waals surface area contributed by atoms with Gasteiger partial charge in [-0.15, -0.1) is 0 Å². The molecule has 40 heavy (non-hydrogen) atoms. The lowest BCUT2D eigenvalue weighted by Crippen LogP contribution is -2.49. The molecule has 3 saturated heterocycles. The molecule has 3 fully saturated rings. The van der Waals surface area contributed by atoms with Crippen LogP contribution in [-0.2, 0) is 14.4 Å². The average Bonchev–Trinajstić information content (AvgIpc) is 3.38. The largest absolute Gasteiger partial charge is 0.336 e. The van der Waals surface area contributed by atoms with Gasteiger partial charge in [0.2, 0.25) is 17.7 Å². The monoisotopic (exact) mass is 563 g/mol. The smallest absolute Gasteiger partial charge is 0.324 e. The van der Waals surface area contributed by atoms with E-state index in [1.165, 1.54) is 14.7 Å². The number of hydrogen-bond donors (Lipinski definition) is 3. The number of nitrogens with one attached hydrogen (secondary N) is 3. The van der Waals surface area contributed by atoms with Crippen LogP contribution in [0.25, 0.3) is 0 Å². The van der Waals surface area contributed by atoms with Crippen LogP contribution < -0.4 is 16.0 Å². The zero-order valence-electron chi connectivity index (χ0n) is 23.6. The molecule has 3 aliphatic rings. The number of hydrogen-bond acceptors (Lipinski definition) is 7. The molecule has 0 aromatic heterocycles. The highest BCUT2D eigenvalue weighted by atomic mass is 16.2. The number of carbonyl (C=O) groups is 6. The van der Waals surface area contributed by atoms with E-state index in [9.17, 15) is 28.8 Å². The Morgan fingerprint density at radius 3 is 1.10 bits per heavy atom. The number of imide groups is 3. The van der Waals surface area contributed by atoms with E-state index < -0.39 is 18.1 Å². The van der Waals surface area contributed by atoms with Crippen molar-refractivity contribution < 1.29 is 28.8 Å². The summed E-state index contributed by atoms with van der Waals surface area (Å²) in [5.41, 5.74) is 0. The van der Waals surface area contributed by atoms with E-state index in [0.717, 1.165) is 57.8 Å². The number of likely N-dealkylation sites (tertiary alicyclic amines) is 3. The molecule has 0 saturated carbocycles. The highest BCUT2D eigenvalue weighted by Gasteiger charge is 2.25. The highest BCUT2D eigenvalue weighted by molar-refractivity contribution is 5.95. The van der Waals surface area contributed by atoms with Gasteiger partial charge in [-0.25, -0.2) is 14.4 Å². The van der Waals surface area contributed by atoms with Crippen molar-refractivity contribution in [1.29, 1.82) is 0 Å². The Morgan fingerprint density at radius 1 is 0.500 bits per heavy atom. The SMILES string of the molecule is O=C1CCCCCN1C(=O)NCCN(CCNC(=O)N1CCCCCC1=O)CCNC(=O)N1CCCCCC1=O. The fraction of sp³-hybridized carbons (Fsp3) is 0.778. The number of rotatable bonds is 9. The second kappa shape index (κ2) is 16.8. The molecule has 0 spiro atoms. The van der Waals surface area contributed by atoms with Gasteiger partial charge in [0.25, 0.3) is 0 Å². The molecule has 0 bridgehead atoms. The molecular weight excluding hydrogens is 518 g/mol. The summed E-state index contributed by atoms with van der Waals surface area (Å²) in [5.74, 6) is -0.491. The predicted molar refractivity (Wildman–Crippen MR) is 147 cm³/mol. The molecule has 0 unspecified atom stereocenters. The predicted octanol–water partition coefficient (Wildman–Crippen LogP) is 1.63. The molecule has 0 atom stereocenters. The maximum Gasteiger partial charge on any atom is 0.324 e. The van der Waals surface area contributed by atoms with Gasteiger partial charge < -0.3 is 16.0 Å². The third-order valence-corrected chi connectivity index (χ3v) is 7.57. The van der Waals surface area contributed by atoms with Crippen LogP contribution in [0.2, 0.25) is 0 Å². The minimum Gasteiger partial charge on any atom is -0.336 e. The van der Waals surface area contributed by atoms with E-state index in [1.54, 1.807) is 0 Å². The van der Waals surface area contributed by atoms with Gasteiger partial charge in [0.05, 0.1) is 0 Å². The van der Waals surface area contributed by atoms with Gasteiger partial charge in [-0.05, 0) is 38.5 Å². The van der Waals surface area contributed by atoms with Crippen molar-refractivity contribution >= 4 is 35.8 Å².